The molecule has 1 heterocycles. The fraction of sp³-hybridized carbons (Fsp3) is 0.154. The fourth-order valence-corrected chi connectivity index (χ4v) is 4.06. The lowest BCUT2D eigenvalue weighted by atomic mass is 10.2. The largest absolute Gasteiger partial charge is 0.494 e. The van der Waals surface area contributed by atoms with Crippen LogP contribution in [0.3, 0.4) is 0 Å². The van der Waals surface area contributed by atoms with Crippen molar-refractivity contribution < 1.29 is 9.53 Å². The van der Waals surface area contributed by atoms with Crippen LogP contribution in [0, 0.1) is 6.92 Å². The Labute approximate surface area is 202 Å². The molecule has 34 heavy (non-hydrogen) atoms. The average Bonchev–Trinajstić information content (AvgIpc) is 3.28. The third-order valence-corrected chi connectivity index (χ3v) is 5.78. The van der Waals surface area contributed by atoms with Crippen molar-refractivity contribution in [2.45, 2.75) is 19.0 Å². The number of carbonyl (C=O) groups is 1. The second-order valence-electron chi connectivity index (χ2n) is 7.43. The summed E-state index contributed by atoms with van der Waals surface area (Å²) in [6, 6.07) is 25.5. The van der Waals surface area contributed by atoms with Gasteiger partial charge in [-0.25, -0.2) is 5.43 Å². The number of aromatic nitrogens is 3. The summed E-state index contributed by atoms with van der Waals surface area (Å²) >= 11 is 1.30. The van der Waals surface area contributed by atoms with Crippen molar-refractivity contribution in [2.24, 2.45) is 5.10 Å². The molecular formula is C26H25N5O2S. The molecular weight excluding hydrogens is 446 g/mol. The molecule has 0 aliphatic heterocycles. The Morgan fingerprint density at radius 3 is 2.59 bits per heavy atom. The summed E-state index contributed by atoms with van der Waals surface area (Å²) in [5.74, 6) is 1.41. The van der Waals surface area contributed by atoms with E-state index in [0.29, 0.717) is 17.6 Å². The van der Waals surface area contributed by atoms with Crippen LogP contribution in [0.1, 0.15) is 18.1 Å². The molecule has 0 aliphatic rings. The van der Waals surface area contributed by atoms with Crippen LogP contribution in [-0.2, 0) is 4.79 Å². The van der Waals surface area contributed by atoms with Gasteiger partial charge in [-0.3, -0.25) is 9.36 Å². The van der Waals surface area contributed by atoms with Crippen LogP contribution >= 0.6 is 11.8 Å². The number of ether oxygens (including phenoxy) is 1. The van der Waals surface area contributed by atoms with E-state index in [0.717, 1.165) is 28.1 Å². The van der Waals surface area contributed by atoms with Gasteiger partial charge in [0.15, 0.2) is 11.0 Å². The van der Waals surface area contributed by atoms with E-state index in [1.807, 2.05) is 97.3 Å². The molecule has 0 atom stereocenters. The highest BCUT2D eigenvalue weighted by Crippen LogP contribution is 2.28. The smallest absolute Gasteiger partial charge is 0.250 e. The summed E-state index contributed by atoms with van der Waals surface area (Å²) in [6.45, 7) is 4.56. The van der Waals surface area contributed by atoms with E-state index in [2.05, 4.69) is 20.7 Å². The first-order chi connectivity index (χ1) is 16.6. The summed E-state index contributed by atoms with van der Waals surface area (Å²) in [7, 11) is 0. The highest BCUT2D eigenvalue weighted by atomic mass is 32.2. The summed E-state index contributed by atoms with van der Waals surface area (Å²) < 4.78 is 7.51. The van der Waals surface area contributed by atoms with Crippen LogP contribution in [0.2, 0.25) is 0 Å². The van der Waals surface area contributed by atoms with Crippen LogP contribution in [-0.4, -0.2) is 39.2 Å². The topological polar surface area (TPSA) is 81.4 Å². The van der Waals surface area contributed by atoms with Gasteiger partial charge < -0.3 is 4.74 Å². The van der Waals surface area contributed by atoms with Crippen molar-refractivity contribution in [3.63, 3.8) is 0 Å². The molecule has 0 unspecified atom stereocenters. The SMILES string of the molecule is CCOc1ccc(-n2c(SCC(=O)N/N=C\c3cccc(C)c3)nnc2-c2ccccc2)cc1. The van der Waals surface area contributed by atoms with Gasteiger partial charge >= 0.3 is 0 Å². The fourth-order valence-electron chi connectivity index (χ4n) is 3.32. The normalized spacial score (nSPS) is 11.0. The Kier molecular flexibility index (Phi) is 7.72. The zero-order valence-electron chi connectivity index (χ0n) is 19.0. The Bertz CT molecular complexity index is 1270. The summed E-state index contributed by atoms with van der Waals surface area (Å²) in [5, 5.41) is 13.4. The monoisotopic (exact) mass is 471 g/mol. The lowest BCUT2D eigenvalue weighted by Crippen LogP contribution is -2.20. The maximum absolute atomic E-state index is 12.4. The Morgan fingerprint density at radius 1 is 1.06 bits per heavy atom. The van der Waals surface area contributed by atoms with Gasteiger partial charge in [0, 0.05) is 11.3 Å². The van der Waals surface area contributed by atoms with Crippen LogP contribution in [0.4, 0.5) is 0 Å². The van der Waals surface area contributed by atoms with Crippen LogP contribution in [0.25, 0.3) is 17.1 Å². The average molecular weight is 472 g/mol. The minimum Gasteiger partial charge on any atom is -0.494 e. The van der Waals surface area contributed by atoms with E-state index in [-0.39, 0.29) is 11.7 Å². The molecule has 1 N–H and O–H groups in total. The molecule has 0 saturated carbocycles. The van der Waals surface area contributed by atoms with Gasteiger partial charge in [0.1, 0.15) is 5.75 Å². The first-order valence-electron chi connectivity index (χ1n) is 10.9. The molecule has 1 aromatic heterocycles. The number of thioether (sulfide) groups is 1. The van der Waals surface area contributed by atoms with Gasteiger partial charge in [-0.05, 0) is 43.7 Å². The van der Waals surface area contributed by atoms with Crippen LogP contribution in [0.5, 0.6) is 5.75 Å². The van der Waals surface area contributed by atoms with Crippen molar-refractivity contribution in [3.05, 3.63) is 90.0 Å². The molecule has 4 aromatic rings. The molecule has 0 saturated heterocycles. The molecule has 172 valence electrons. The molecule has 3 aromatic carbocycles. The lowest BCUT2D eigenvalue weighted by Gasteiger charge is -2.11. The predicted octanol–water partition coefficient (Wildman–Crippen LogP) is 4.88. The minimum atomic E-state index is -0.226. The molecule has 0 radical (unpaired) electrons. The third-order valence-electron chi connectivity index (χ3n) is 4.85. The molecule has 8 heteroatoms. The number of aryl methyl sites for hydroxylation is 1. The number of hydrogen-bond donors (Lipinski definition) is 1. The lowest BCUT2D eigenvalue weighted by molar-refractivity contribution is -0.118. The van der Waals surface area contributed by atoms with Crippen molar-refractivity contribution >= 4 is 23.9 Å². The van der Waals surface area contributed by atoms with Crippen LogP contribution < -0.4 is 10.2 Å². The summed E-state index contributed by atoms with van der Waals surface area (Å²) in [5.41, 5.74) is 6.45. The molecule has 0 aliphatic carbocycles. The van der Waals surface area contributed by atoms with E-state index in [1.165, 1.54) is 11.8 Å². The molecule has 4 rings (SSSR count). The van der Waals surface area contributed by atoms with Gasteiger partial charge in [-0.1, -0.05) is 71.9 Å². The molecule has 0 bridgehead atoms. The highest BCUT2D eigenvalue weighted by Gasteiger charge is 2.17. The van der Waals surface area contributed by atoms with Gasteiger partial charge in [0.2, 0.25) is 0 Å². The predicted molar refractivity (Wildman–Crippen MR) is 136 cm³/mol. The van der Waals surface area contributed by atoms with E-state index in [9.17, 15) is 4.79 Å². The number of benzene rings is 3. The van der Waals surface area contributed by atoms with Gasteiger partial charge in [-0.2, -0.15) is 5.10 Å². The zero-order chi connectivity index (χ0) is 23.8. The minimum absolute atomic E-state index is 0.148. The second kappa shape index (κ2) is 11.3. The number of rotatable bonds is 9. The quantitative estimate of drug-likeness (QED) is 0.214. The molecule has 0 spiro atoms. The number of hydrazone groups is 1. The number of nitrogens with zero attached hydrogens (tertiary/aromatic N) is 4. The Balaban J connectivity index is 1.51. The van der Waals surface area contributed by atoms with E-state index >= 15 is 0 Å². The number of carbonyl (C=O) groups excluding carboxylic acids is 1. The Hall–Kier alpha value is -3.91. The molecule has 0 fully saturated rings. The number of amides is 1. The third kappa shape index (κ3) is 5.90. The van der Waals surface area contributed by atoms with E-state index in [1.54, 1.807) is 6.21 Å². The molecule has 7 nitrogen and oxygen atoms in total. The van der Waals surface area contributed by atoms with E-state index < -0.39 is 0 Å². The maximum Gasteiger partial charge on any atom is 0.250 e. The number of nitrogens with one attached hydrogen (secondary N) is 1. The molecule has 1 amide bonds. The van der Waals surface area contributed by atoms with Crippen molar-refractivity contribution in [1.29, 1.82) is 0 Å². The second-order valence-corrected chi connectivity index (χ2v) is 8.37. The van der Waals surface area contributed by atoms with Gasteiger partial charge in [0.25, 0.3) is 5.91 Å². The van der Waals surface area contributed by atoms with Crippen molar-refractivity contribution in [3.8, 4) is 22.8 Å². The first-order valence-corrected chi connectivity index (χ1v) is 11.9. The summed E-state index contributed by atoms with van der Waals surface area (Å²) in [6.07, 6.45) is 1.63. The maximum atomic E-state index is 12.4. The highest BCUT2D eigenvalue weighted by molar-refractivity contribution is 7.99. The van der Waals surface area contributed by atoms with E-state index in [4.69, 9.17) is 4.74 Å². The standard InChI is InChI=1S/C26H25N5O2S/c1-3-33-23-14-12-22(13-15-23)31-25(21-10-5-4-6-11-21)29-30-26(31)34-18-24(32)28-27-17-20-9-7-8-19(2)16-20/h4-17H,3,18H2,1-2H3,(H,28,32)/b27-17-. The van der Waals surface area contributed by atoms with Gasteiger partial charge in [-0.15, -0.1) is 10.2 Å². The van der Waals surface area contributed by atoms with Crippen molar-refractivity contribution in [1.82, 2.24) is 20.2 Å². The van der Waals surface area contributed by atoms with Crippen molar-refractivity contribution in [2.75, 3.05) is 12.4 Å². The zero-order valence-corrected chi connectivity index (χ0v) is 19.8. The summed E-state index contributed by atoms with van der Waals surface area (Å²) in [4.78, 5) is 12.4. The van der Waals surface area contributed by atoms with Gasteiger partial charge in [0.05, 0.1) is 18.6 Å². The first kappa shape index (κ1) is 23.3. The number of hydrogen-bond acceptors (Lipinski definition) is 6. The van der Waals surface area contributed by atoms with Crippen LogP contribution in [0.15, 0.2) is 89.1 Å². The Morgan fingerprint density at radius 2 is 1.85 bits per heavy atom.